The van der Waals surface area contributed by atoms with E-state index in [4.69, 9.17) is 4.74 Å². The fourth-order valence-corrected chi connectivity index (χ4v) is 3.93. The van der Waals surface area contributed by atoms with Crippen LogP contribution in [0.3, 0.4) is 0 Å². The van der Waals surface area contributed by atoms with Crippen LogP contribution in [0, 0.1) is 0 Å². The Balaban J connectivity index is 1.41. The number of carbonyl (C=O) groups excluding carboxylic acids is 4. The second-order valence-corrected chi connectivity index (χ2v) is 7.63. The molecule has 140 valence electrons. The van der Waals surface area contributed by atoms with Gasteiger partial charge in [-0.2, -0.15) is 0 Å². The van der Waals surface area contributed by atoms with E-state index in [2.05, 4.69) is 16.2 Å². The van der Waals surface area contributed by atoms with E-state index in [1.54, 1.807) is 23.6 Å². The highest BCUT2D eigenvalue weighted by atomic mass is 32.2. The van der Waals surface area contributed by atoms with Crippen molar-refractivity contribution in [3.8, 4) is 0 Å². The highest BCUT2D eigenvalue weighted by molar-refractivity contribution is 8.01. The van der Waals surface area contributed by atoms with Gasteiger partial charge in [-0.15, -0.1) is 23.1 Å². The zero-order valence-corrected chi connectivity index (χ0v) is 15.5. The molecule has 1 aliphatic heterocycles. The largest absolute Gasteiger partial charge is 0.455 e. The van der Waals surface area contributed by atoms with Crippen LogP contribution < -0.4 is 16.2 Å². The lowest BCUT2D eigenvalue weighted by Crippen LogP contribution is -2.43. The molecular formula is C17H15N3O5S2. The van der Waals surface area contributed by atoms with E-state index in [0.717, 1.165) is 4.90 Å². The van der Waals surface area contributed by atoms with E-state index >= 15 is 0 Å². The first kappa shape index (κ1) is 18.9. The van der Waals surface area contributed by atoms with Gasteiger partial charge in [0.05, 0.1) is 22.2 Å². The molecule has 2 heterocycles. The number of nitrogens with one attached hydrogen (secondary N) is 3. The number of benzene rings is 1. The molecule has 3 N–H and O–H groups in total. The minimum atomic E-state index is -0.681. The van der Waals surface area contributed by atoms with Crippen molar-refractivity contribution in [3.63, 3.8) is 0 Å². The Morgan fingerprint density at radius 3 is 2.70 bits per heavy atom. The van der Waals surface area contributed by atoms with E-state index in [1.807, 2.05) is 18.2 Å². The number of fused-ring (bicyclic) bond motifs is 1. The lowest BCUT2D eigenvalue weighted by Gasteiger charge is -2.23. The lowest BCUT2D eigenvalue weighted by molar-refractivity contribution is -0.149. The van der Waals surface area contributed by atoms with Crippen molar-refractivity contribution >= 4 is 52.5 Å². The van der Waals surface area contributed by atoms with E-state index in [9.17, 15) is 19.2 Å². The summed E-state index contributed by atoms with van der Waals surface area (Å²) >= 11 is 2.50. The summed E-state index contributed by atoms with van der Waals surface area (Å²) < 4.78 is 4.87. The van der Waals surface area contributed by atoms with Gasteiger partial charge in [0.25, 0.3) is 11.8 Å². The summed E-state index contributed by atoms with van der Waals surface area (Å²) in [5.74, 6) is -2.11. The smallest absolute Gasteiger partial charge is 0.307 e. The molecule has 3 amide bonds. The Hall–Kier alpha value is -2.85. The molecular weight excluding hydrogens is 390 g/mol. The molecule has 0 saturated carbocycles. The topological polar surface area (TPSA) is 114 Å². The van der Waals surface area contributed by atoms with Crippen molar-refractivity contribution in [2.45, 2.75) is 16.6 Å². The molecule has 1 atom stereocenters. The summed E-state index contributed by atoms with van der Waals surface area (Å²) in [5, 5.41) is 3.83. The maximum Gasteiger partial charge on any atom is 0.307 e. The molecule has 1 aromatic heterocycles. The van der Waals surface area contributed by atoms with Gasteiger partial charge in [0, 0.05) is 4.90 Å². The molecule has 1 aromatic carbocycles. The monoisotopic (exact) mass is 405 g/mol. The second kappa shape index (κ2) is 8.69. The number of rotatable bonds is 5. The number of amides is 3. The quantitative estimate of drug-likeness (QED) is 0.514. The van der Waals surface area contributed by atoms with Crippen LogP contribution in [0.15, 0.2) is 46.7 Å². The fraction of sp³-hybridized carbons (Fsp3) is 0.176. The molecule has 0 bridgehead atoms. The molecule has 10 heteroatoms. The average molecular weight is 405 g/mol. The third-order valence-electron chi connectivity index (χ3n) is 3.48. The van der Waals surface area contributed by atoms with Gasteiger partial charge in [0.1, 0.15) is 0 Å². The Bertz CT molecular complexity index is 869. The number of hydrogen-bond donors (Lipinski definition) is 3. The normalized spacial score (nSPS) is 15.3. The van der Waals surface area contributed by atoms with Gasteiger partial charge in [0.2, 0.25) is 5.91 Å². The molecule has 0 spiro atoms. The molecule has 0 fully saturated rings. The second-order valence-electron chi connectivity index (χ2n) is 5.44. The summed E-state index contributed by atoms with van der Waals surface area (Å²) in [4.78, 5) is 48.6. The number of hydrazine groups is 1. The summed E-state index contributed by atoms with van der Waals surface area (Å²) in [6, 6.07) is 10.6. The van der Waals surface area contributed by atoms with Crippen molar-refractivity contribution in [1.29, 1.82) is 0 Å². The van der Waals surface area contributed by atoms with Gasteiger partial charge in [-0.3, -0.25) is 30.0 Å². The zero-order chi connectivity index (χ0) is 19.2. The number of hydrogen-bond acceptors (Lipinski definition) is 7. The number of carbonyl (C=O) groups is 4. The first-order valence-electron chi connectivity index (χ1n) is 7.88. The first-order valence-corrected chi connectivity index (χ1v) is 9.63. The molecule has 1 aliphatic rings. The molecule has 8 nitrogen and oxygen atoms in total. The molecule has 3 rings (SSSR count). The van der Waals surface area contributed by atoms with E-state index in [0.29, 0.717) is 10.6 Å². The summed E-state index contributed by atoms with van der Waals surface area (Å²) in [5.41, 5.74) is 5.08. The predicted octanol–water partition coefficient (Wildman–Crippen LogP) is 1.56. The summed E-state index contributed by atoms with van der Waals surface area (Å²) in [6.07, 6.45) is -0.167. The van der Waals surface area contributed by atoms with Crippen LogP contribution in [-0.2, 0) is 19.1 Å². The average Bonchev–Trinajstić information content (AvgIpc) is 3.20. The third kappa shape index (κ3) is 5.08. The lowest BCUT2D eigenvalue weighted by atomic mass is 10.2. The maximum atomic E-state index is 12.1. The van der Waals surface area contributed by atoms with Gasteiger partial charge in [-0.05, 0) is 23.6 Å². The highest BCUT2D eigenvalue weighted by Gasteiger charge is 2.29. The Labute approximate surface area is 162 Å². The number of thiophene rings is 1. The van der Waals surface area contributed by atoms with Gasteiger partial charge in [-0.1, -0.05) is 18.2 Å². The zero-order valence-electron chi connectivity index (χ0n) is 13.9. The number of para-hydroxylation sites is 1. The number of anilines is 1. The summed E-state index contributed by atoms with van der Waals surface area (Å²) in [6.45, 7) is -0.556. The molecule has 1 unspecified atom stereocenters. The van der Waals surface area contributed by atoms with Crippen LogP contribution >= 0.6 is 23.1 Å². The maximum absolute atomic E-state index is 12.1. The molecule has 0 aliphatic carbocycles. The Morgan fingerprint density at radius 2 is 1.93 bits per heavy atom. The van der Waals surface area contributed by atoms with Gasteiger partial charge in [-0.25, -0.2) is 0 Å². The van der Waals surface area contributed by atoms with Crippen LogP contribution in [0.1, 0.15) is 16.1 Å². The Kier molecular flexibility index (Phi) is 6.09. The van der Waals surface area contributed by atoms with Crippen LogP contribution in [0.4, 0.5) is 5.69 Å². The van der Waals surface area contributed by atoms with Crippen molar-refractivity contribution in [2.24, 2.45) is 0 Å². The molecule has 0 saturated heterocycles. The van der Waals surface area contributed by atoms with Crippen LogP contribution in [-0.4, -0.2) is 35.5 Å². The molecule has 0 radical (unpaired) electrons. The number of ether oxygens (including phenoxy) is 1. The molecule has 2 aromatic rings. The van der Waals surface area contributed by atoms with Crippen LogP contribution in [0.2, 0.25) is 0 Å². The van der Waals surface area contributed by atoms with Gasteiger partial charge >= 0.3 is 5.97 Å². The third-order valence-corrected chi connectivity index (χ3v) is 5.63. The number of esters is 1. The number of thioether (sulfide) groups is 1. The summed E-state index contributed by atoms with van der Waals surface area (Å²) in [7, 11) is 0. The molecule has 27 heavy (non-hydrogen) atoms. The van der Waals surface area contributed by atoms with Crippen molar-refractivity contribution < 1.29 is 23.9 Å². The minimum absolute atomic E-state index is 0.167. The van der Waals surface area contributed by atoms with Gasteiger partial charge in [0.15, 0.2) is 6.61 Å². The van der Waals surface area contributed by atoms with E-state index in [1.165, 1.54) is 23.1 Å². The van der Waals surface area contributed by atoms with Gasteiger partial charge < -0.3 is 10.1 Å². The standard InChI is InChI=1S/C17H15N3O5S2/c21-14(19-20-17(24)12-6-3-7-26-12)9-25-15(22)8-13-16(23)18-10-4-1-2-5-11(10)27-13/h1-7,13H,8-9H2,(H,18,23)(H,19,21)(H,20,24). The fourth-order valence-electron chi connectivity index (χ4n) is 2.22. The SMILES string of the molecule is O=C(COC(=O)CC1Sc2ccccc2NC1=O)NNC(=O)c1cccs1. The minimum Gasteiger partial charge on any atom is -0.455 e. The first-order chi connectivity index (χ1) is 13.0. The Morgan fingerprint density at radius 1 is 1.11 bits per heavy atom. The van der Waals surface area contributed by atoms with Crippen LogP contribution in [0.25, 0.3) is 0 Å². The van der Waals surface area contributed by atoms with Crippen LogP contribution in [0.5, 0.6) is 0 Å². The predicted molar refractivity (Wildman–Crippen MR) is 100 cm³/mol. The van der Waals surface area contributed by atoms with Crippen molar-refractivity contribution in [2.75, 3.05) is 11.9 Å². The van der Waals surface area contributed by atoms with Crippen molar-refractivity contribution in [3.05, 3.63) is 46.7 Å². The highest BCUT2D eigenvalue weighted by Crippen LogP contribution is 2.36. The van der Waals surface area contributed by atoms with Crippen molar-refractivity contribution in [1.82, 2.24) is 10.9 Å². The van der Waals surface area contributed by atoms with E-state index in [-0.39, 0.29) is 12.3 Å². The van der Waals surface area contributed by atoms with E-state index < -0.39 is 29.6 Å².